The van der Waals surface area contributed by atoms with Gasteiger partial charge in [-0.15, -0.1) is 0 Å². The molecular formula is C67H129NO8. The molecule has 1 rings (SSSR count). The van der Waals surface area contributed by atoms with E-state index in [1.165, 1.54) is 283 Å². The lowest BCUT2D eigenvalue weighted by Gasteiger charge is -2.40. The molecule has 9 nitrogen and oxygen atoms in total. The van der Waals surface area contributed by atoms with E-state index in [1.54, 1.807) is 6.08 Å². The molecule has 0 aliphatic carbocycles. The van der Waals surface area contributed by atoms with Gasteiger partial charge >= 0.3 is 0 Å². The Morgan fingerprint density at radius 2 is 0.750 bits per heavy atom. The highest BCUT2D eigenvalue weighted by Crippen LogP contribution is 2.23. The largest absolute Gasteiger partial charge is 0.394 e. The second-order valence-electron chi connectivity index (χ2n) is 23.6. The van der Waals surface area contributed by atoms with Crippen molar-refractivity contribution in [2.45, 2.75) is 384 Å². The minimum atomic E-state index is -1.57. The molecule has 0 bridgehead atoms. The lowest BCUT2D eigenvalue weighted by molar-refractivity contribution is -0.302. The van der Waals surface area contributed by atoms with Crippen LogP contribution in [0.4, 0.5) is 0 Å². The molecule has 7 unspecified atom stereocenters. The molecule has 1 aliphatic rings. The van der Waals surface area contributed by atoms with Crippen LogP contribution in [0.2, 0.25) is 0 Å². The van der Waals surface area contributed by atoms with Crippen molar-refractivity contribution in [2.24, 2.45) is 0 Å². The van der Waals surface area contributed by atoms with Crippen LogP contribution in [0.3, 0.4) is 0 Å². The van der Waals surface area contributed by atoms with Crippen molar-refractivity contribution in [3.8, 4) is 0 Å². The first kappa shape index (κ1) is 72.7. The fraction of sp³-hybridized carbons (Fsp3) is 0.925. The highest BCUT2D eigenvalue weighted by atomic mass is 16.7. The van der Waals surface area contributed by atoms with Crippen LogP contribution in [0, 0.1) is 0 Å². The monoisotopic (exact) mass is 1080 g/mol. The maximum atomic E-state index is 13.1. The van der Waals surface area contributed by atoms with Crippen LogP contribution in [0.5, 0.6) is 0 Å². The van der Waals surface area contributed by atoms with Gasteiger partial charge in [0.2, 0.25) is 5.91 Å². The summed E-state index contributed by atoms with van der Waals surface area (Å²) in [7, 11) is 0. The third-order valence-corrected chi connectivity index (χ3v) is 16.3. The maximum Gasteiger partial charge on any atom is 0.220 e. The smallest absolute Gasteiger partial charge is 0.220 e. The number of nitrogens with one attached hydrogen (secondary N) is 1. The normalized spacial score (nSPS) is 18.9. The number of aliphatic hydroxyl groups is 5. The number of unbranched alkanes of at least 4 members (excludes halogenated alkanes) is 47. The second-order valence-corrected chi connectivity index (χ2v) is 23.6. The molecule has 0 aromatic heterocycles. The molecule has 0 aromatic carbocycles. The van der Waals surface area contributed by atoms with Crippen molar-refractivity contribution < 1.29 is 39.8 Å². The quantitative estimate of drug-likeness (QED) is 0.0261. The van der Waals surface area contributed by atoms with Crippen molar-refractivity contribution >= 4 is 5.91 Å². The molecule has 1 saturated heterocycles. The van der Waals surface area contributed by atoms with E-state index in [2.05, 4.69) is 31.3 Å². The predicted octanol–water partition coefficient (Wildman–Crippen LogP) is 17.7. The van der Waals surface area contributed by atoms with Crippen molar-refractivity contribution in [2.75, 3.05) is 13.2 Å². The molecule has 6 N–H and O–H groups in total. The molecule has 76 heavy (non-hydrogen) atoms. The molecule has 450 valence electrons. The SMILES string of the molecule is CCCCCCCCCCCCCCCCCCCCCCCCCC/C=C/CC/C=C/C(O)C(COC1OC(CO)C(O)C(O)C1O)NC(=O)CCCCCCCCCCCCCCCCCCCCCCCCC. The molecule has 7 atom stereocenters. The number of ether oxygens (including phenoxy) is 2. The topological polar surface area (TPSA) is 149 Å². The molecule has 0 saturated carbocycles. The summed E-state index contributed by atoms with van der Waals surface area (Å²) in [5.74, 6) is -0.179. The lowest BCUT2D eigenvalue weighted by atomic mass is 9.99. The summed E-state index contributed by atoms with van der Waals surface area (Å²) in [4.78, 5) is 13.1. The number of aliphatic hydroxyl groups excluding tert-OH is 5. The van der Waals surface area contributed by atoms with Gasteiger partial charge in [0.05, 0.1) is 25.4 Å². The van der Waals surface area contributed by atoms with Crippen LogP contribution in [0.15, 0.2) is 24.3 Å². The molecular weight excluding hydrogens is 947 g/mol. The van der Waals surface area contributed by atoms with Gasteiger partial charge in [0.15, 0.2) is 6.29 Å². The summed E-state index contributed by atoms with van der Waals surface area (Å²) < 4.78 is 11.3. The zero-order valence-corrected chi connectivity index (χ0v) is 50.3. The molecule has 1 amide bonds. The standard InChI is InChI=1S/C67H129NO8/c1-3-5-7-9-11-13-15-17-19-21-23-25-27-28-29-30-31-32-33-35-36-38-40-42-44-46-48-50-52-54-56-61(70)60(59-75-67-66(74)65(73)64(72)62(58-69)76-67)68-63(71)57-55-53-51-49-47-45-43-41-39-37-34-26-24-22-20-18-16-14-12-10-8-6-4-2/h46,48,54,56,60-62,64-67,69-70,72-74H,3-45,47,49-53,55,57-59H2,1-2H3,(H,68,71)/b48-46+,56-54+. The van der Waals surface area contributed by atoms with Crippen molar-refractivity contribution in [1.29, 1.82) is 0 Å². The van der Waals surface area contributed by atoms with Gasteiger partial charge in [-0.3, -0.25) is 4.79 Å². The van der Waals surface area contributed by atoms with Crippen LogP contribution >= 0.6 is 0 Å². The van der Waals surface area contributed by atoms with E-state index in [0.717, 1.165) is 38.5 Å². The van der Waals surface area contributed by atoms with E-state index >= 15 is 0 Å². The van der Waals surface area contributed by atoms with Crippen LogP contribution < -0.4 is 5.32 Å². The fourth-order valence-electron chi connectivity index (χ4n) is 11.0. The van der Waals surface area contributed by atoms with Gasteiger partial charge in [-0.2, -0.15) is 0 Å². The van der Waals surface area contributed by atoms with Gasteiger partial charge in [0.1, 0.15) is 24.4 Å². The van der Waals surface area contributed by atoms with Crippen molar-refractivity contribution in [3.63, 3.8) is 0 Å². The molecule has 0 radical (unpaired) electrons. The molecule has 0 spiro atoms. The number of hydrogen-bond donors (Lipinski definition) is 6. The predicted molar refractivity (Wildman–Crippen MR) is 323 cm³/mol. The van der Waals surface area contributed by atoms with Crippen LogP contribution in [0.25, 0.3) is 0 Å². The van der Waals surface area contributed by atoms with E-state index in [-0.39, 0.29) is 12.5 Å². The molecule has 1 aliphatic heterocycles. The van der Waals surface area contributed by atoms with Gasteiger partial charge in [-0.05, 0) is 32.1 Å². The van der Waals surface area contributed by atoms with Gasteiger partial charge in [0, 0.05) is 6.42 Å². The van der Waals surface area contributed by atoms with E-state index in [9.17, 15) is 30.3 Å². The Hall–Kier alpha value is -1.33. The summed E-state index contributed by atoms with van der Waals surface area (Å²) in [6.07, 6.45) is 67.1. The summed E-state index contributed by atoms with van der Waals surface area (Å²) in [6, 6.07) is -0.820. The van der Waals surface area contributed by atoms with Gasteiger partial charge in [-0.1, -0.05) is 327 Å². The van der Waals surface area contributed by atoms with Crippen molar-refractivity contribution in [3.05, 3.63) is 24.3 Å². The first-order chi connectivity index (χ1) is 37.3. The Kier molecular flexibility index (Phi) is 54.4. The number of hydrogen-bond acceptors (Lipinski definition) is 8. The first-order valence-corrected chi connectivity index (χ1v) is 33.6. The summed E-state index contributed by atoms with van der Waals surface area (Å²) >= 11 is 0. The molecule has 1 heterocycles. The molecule has 1 fully saturated rings. The Morgan fingerprint density at radius 3 is 1.11 bits per heavy atom. The summed E-state index contributed by atoms with van der Waals surface area (Å²) in [5.41, 5.74) is 0. The number of carbonyl (C=O) groups is 1. The molecule has 9 heteroatoms. The first-order valence-electron chi connectivity index (χ1n) is 33.6. The number of carbonyl (C=O) groups excluding carboxylic acids is 1. The van der Waals surface area contributed by atoms with E-state index in [1.807, 2.05) is 6.08 Å². The van der Waals surface area contributed by atoms with Gasteiger partial charge in [-0.25, -0.2) is 0 Å². The summed E-state index contributed by atoms with van der Waals surface area (Å²) in [5, 5.41) is 54.7. The Balaban J connectivity index is 2.16. The minimum Gasteiger partial charge on any atom is -0.394 e. The third kappa shape index (κ3) is 45.4. The highest BCUT2D eigenvalue weighted by Gasteiger charge is 2.44. The summed E-state index contributed by atoms with van der Waals surface area (Å²) in [6.45, 7) is 3.82. The Labute approximate surface area is 470 Å². The average Bonchev–Trinajstić information content (AvgIpc) is 3.42. The Bertz CT molecular complexity index is 1250. The number of amides is 1. The van der Waals surface area contributed by atoms with Crippen LogP contribution in [-0.4, -0.2) is 87.5 Å². The van der Waals surface area contributed by atoms with Crippen molar-refractivity contribution in [1.82, 2.24) is 5.32 Å². The average molecular weight is 1080 g/mol. The van der Waals surface area contributed by atoms with E-state index < -0.39 is 49.5 Å². The second kappa shape index (κ2) is 56.9. The maximum absolute atomic E-state index is 13.1. The van der Waals surface area contributed by atoms with Gasteiger partial charge < -0.3 is 40.3 Å². The highest BCUT2D eigenvalue weighted by molar-refractivity contribution is 5.76. The lowest BCUT2D eigenvalue weighted by Crippen LogP contribution is -2.60. The minimum absolute atomic E-state index is 0.179. The zero-order valence-electron chi connectivity index (χ0n) is 50.3. The van der Waals surface area contributed by atoms with E-state index in [4.69, 9.17) is 9.47 Å². The Morgan fingerprint density at radius 1 is 0.434 bits per heavy atom. The van der Waals surface area contributed by atoms with E-state index in [0.29, 0.717) is 6.42 Å². The van der Waals surface area contributed by atoms with Crippen LogP contribution in [-0.2, 0) is 14.3 Å². The zero-order chi connectivity index (χ0) is 55.0. The number of allylic oxidation sites excluding steroid dienone is 3. The number of rotatable bonds is 59. The third-order valence-electron chi connectivity index (χ3n) is 16.3. The van der Waals surface area contributed by atoms with Crippen LogP contribution in [0.1, 0.15) is 341 Å². The van der Waals surface area contributed by atoms with Gasteiger partial charge in [0.25, 0.3) is 0 Å². The molecule has 0 aromatic rings. The fourth-order valence-corrected chi connectivity index (χ4v) is 11.0.